The topological polar surface area (TPSA) is 12.9 Å². The summed E-state index contributed by atoms with van der Waals surface area (Å²) in [4.78, 5) is 4.27. The summed E-state index contributed by atoms with van der Waals surface area (Å²) in [7, 11) is 0. The Bertz CT molecular complexity index is 570. The van der Waals surface area contributed by atoms with E-state index in [-0.39, 0.29) is 0 Å². The zero-order chi connectivity index (χ0) is 11.8. The molecule has 0 aliphatic heterocycles. The Morgan fingerprint density at radius 3 is 2.76 bits per heavy atom. The van der Waals surface area contributed by atoms with Gasteiger partial charge in [-0.3, -0.25) is 4.98 Å². The smallest absolute Gasteiger partial charge is 0.0378 e. The second kappa shape index (κ2) is 3.99. The van der Waals surface area contributed by atoms with Gasteiger partial charge in [0.2, 0.25) is 0 Å². The fraction of sp³-hybridized carbons (Fsp3) is 0.312. The van der Waals surface area contributed by atoms with Gasteiger partial charge in [0.1, 0.15) is 0 Å². The Labute approximate surface area is 103 Å². The summed E-state index contributed by atoms with van der Waals surface area (Å²) in [5.41, 5.74) is 8.35. The summed E-state index contributed by atoms with van der Waals surface area (Å²) >= 11 is 0. The first-order valence-corrected chi connectivity index (χ1v) is 6.30. The first-order chi connectivity index (χ1) is 8.25. The Morgan fingerprint density at radius 1 is 1.06 bits per heavy atom. The quantitative estimate of drug-likeness (QED) is 0.715. The van der Waals surface area contributed by atoms with Gasteiger partial charge < -0.3 is 0 Å². The van der Waals surface area contributed by atoms with E-state index in [0.29, 0.717) is 0 Å². The molecule has 0 spiro atoms. The van der Waals surface area contributed by atoms with E-state index >= 15 is 0 Å². The van der Waals surface area contributed by atoms with Crippen molar-refractivity contribution in [2.75, 3.05) is 0 Å². The van der Waals surface area contributed by atoms with Gasteiger partial charge in [-0.1, -0.05) is 12.1 Å². The number of fused-ring (bicyclic) bond motifs is 1. The molecule has 17 heavy (non-hydrogen) atoms. The van der Waals surface area contributed by atoms with Crippen molar-refractivity contribution in [1.82, 2.24) is 4.98 Å². The molecule has 1 heteroatoms. The lowest BCUT2D eigenvalue weighted by atomic mass is 9.94. The molecular formula is C16H17N. The van der Waals surface area contributed by atoms with Crippen molar-refractivity contribution < 1.29 is 0 Å². The van der Waals surface area contributed by atoms with E-state index in [9.17, 15) is 0 Å². The molecule has 1 aromatic heterocycles. The highest BCUT2D eigenvalue weighted by atomic mass is 14.6. The van der Waals surface area contributed by atoms with Crippen molar-refractivity contribution in [2.24, 2.45) is 0 Å². The number of hydrogen-bond acceptors (Lipinski definition) is 1. The fourth-order valence-electron chi connectivity index (χ4n) is 2.88. The summed E-state index contributed by atoms with van der Waals surface area (Å²) in [6.07, 6.45) is 5.72. The van der Waals surface area contributed by atoms with Gasteiger partial charge in [0, 0.05) is 11.9 Å². The molecule has 1 aliphatic rings. The standard InChI is InChI=1S/C16H17N/c1-11-10-14(8-9-17-11)16-7-6-13-4-3-5-15(13)12(16)2/h6-10H,3-5H2,1-2H3. The van der Waals surface area contributed by atoms with E-state index in [4.69, 9.17) is 0 Å². The number of hydrogen-bond donors (Lipinski definition) is 0. The van der Waals surface area contributed by atoms with Crippen LogP contribution in [0, 0.1) is 13.8 Å². The maximum atomic E-state index is 4.27. The zero-order valence-electron chi connectivity index (χ0n) is 10.5. The van der Waals surface area contributed by atoms with Crippen LogP contribution in [0.3, 0.4) is 0 Å². The van der Waals surface area contributed by atoms with Crippen LogP contribution in [0.15, 0.2) is 30.5 Å². The predicted octanol–water partition coefficient (Wildman–Crippen LogP) is 3.85. The van der Waals surface area contributed by atoms with Crippen LogP contribution in [0.25, 0.3) is 11.1 Å². The maximum Gasteiger partial charge on any atom is 0.0378 e. The highest BCUT2D eigenvalue weighted by Gasteiger charge is 2.15. The third kappa shape index (κ3) is 1.76. The van der Waals surface area contributed by atoms with E-state index in [2.05, 4.69) is 36.2 Å². The van der Waals surface area contributed by atoms with Crippen LogP contribution in [0.2, 0.25) is 0 Å². The lowest BCUT2D eigenvalue weighted by Crippen LogP contribution is -1.92. The van der Waals surface area contributed by atoms with Gasteiger partial charge in [0.05, 0.1) is 0 Å². The van der Waals surface area contributed by atoms with Gasteiger partial charge in [0.15, 0.2) is 0 Å². The summed E-state index contributed by atoms with van der Waals surface area (Å²) in [5.74, 6) is 0. The molecule has 1 aromatic carbocycles. The lowest BCUT2D eigenvalue weighted by molar-refractivity contribution is 0.909. The summed E-state index contributed by atoms with van der Waals surface area (Å²) < 4.78 is 0. The Hall–Kier alpha value is -1.63. The molecule has 2 aromatic rings. The number of aryl methyl sites for hydroxylation is 2. The highest BCUT2D eigenvalue weighted by Crippen LogP contribution is 2.32. The molecule has 0 N–H and O–H groups in total. The fourth-order valence-corrected chi connectivity index (χ4v) is 2.88. The number of nitrogens with zero attached hydrogens (tertiary/aromatic N) is 1. The van der Waals surface area contributed by atoms with E-state index < -0.39 is 0 Å². The molecule has 0 bridgehead atoms. The van der Waals surface area contributed by atoms with Crippen LogP contribution in [-0.4, -0.2) is 4.98 Å². The SMILES string of the molecule is Cc1cc(-c2ccc3c(c2C)CCC3)ccn1. The van der Waals surface area contributed by atoms with Gasteiger partial charge in [0.25, 0.3) is 0 Å². The number of aromatic nitrogens is 1. The van der Waals surface area contributed by atoms with Crippen LogP contribution in [-0.2, 0) is 12.8 Å². The molecular weight excluding hydrogens is 206 g/mol. The second-order valence-corrected chi connectivity index (χ2v) is 4.92. The normalized spacial score (nSPS) is 13.8. The van der Waals surface area contributed by atoms with Crippen molar-refractivity contribution in [2.45, 2.75) is 33.1 Å². The summed E-state index contributed by atoms with van der Waals surface area (Å²) in [6.45, 7) is 4.31. The lowest BCUT2D eigenvalue weighted by Gasteiger charge is -2.11. The minimum Gasteiger partial charge on any atom is -0.262 e. The highest BCUT2D eigenvalue weighted by molar-refractivity contribution is 5.69. The first kappa shape index (κ1) is 10.5. The summed E-state index contributed by atoms with van der Waals surface area (Å²) in [6, 6.07) is 8.86. The molecule has 0 amide bonds. The molecule has 0 unspecified atom stereocenters. The van der Waals surface area contributed by atoms with E-state index in [1.807, 2.05) is 13.1 Å². The molecule has 0 fully saturated rings. The van der Waals surface area contributed by atoms with Gasteiger partial charge in [-0.25, -0.2) is 0 Å². The molecule has 86 valence electrons. The molecule has 1 nitrogen and oxygen atoms in total. The van der Waals surface area contributed by atoms with Crippen LogP contribution >= 0.6 is 0 Å². The average molecular weight is 223 g/mol. The Balaban J connectivity index is 2.16. The average Bonchev–Trinajstić information content (AvgIpc) is 2.78. The maximum absolute atomic E-state index is 4.27. The van der Waals surface area contributed by atoms with Crippen molar-refractivity contribution in [3.8, 4) is 11.1 Å². The molecule has 0 saturated heterocycles. The third-order valence-electron chi connectivity index (χ3n) is 3.78. The molecule has 3 rings (SSSR count). The van der Waals surface area contributed by atoms with Crippen LogP contribution in [0.1, 0.15) is 28.8 Å². The van der Waals surface area contributed by atoms with Crippen molar-refractivity contribution in [3.05, 3.63) is 52.8 Å². The van der Waals surface area contributed by atoms with E-state index in [1.165, 1.54) is 36.0 Å². The van der Waals surface area contributed by atoms with Crippen LogP contribution in [0.4, 0.5) is 0 Å². The largest absolute Gasteiger partial charge is 0.262 e. The molecule has 1 aliphatic carbocycles. The molecule has 0 atom stereocenters. The minimum atomic E-state index is 1.09. The monoisotopic (exact) mass is 223 g/mol. The number of rotatable bonds is 1. The predicted molar refractivity (Wildman–Crippen MR) is 71.2 cm³/mol. The van der Waals surface area contributed by atoms with Gasteiger partial charge in [-0.2, -0.15) is 0 Å². The van der Waals surface area contributed by atoms with Gasteiger partial charge >= 0.3 is 0 Å². The van der Waals surface area contributed by atoms with E-state index in [1.54, 1.807) is 11.1 Å². The molecule has 1 heterocycles. The van der Waals surface area contributed by atoms with Gasteiger partial charge in [-0.15, -0.1) is 0 Å². The third-order valence-corrected chi connectivity index (χ3v) is 3.78. The van der Waals surface area contributed by atoms with Crippen LogP contribution in [0.5, 0.6) is 0 Å². The van der Waals surface area contributed by atoms with Crippen molar-refractivity contribution in [1.29, 1.82) is 0 Å². The van der Waals surface area contributed by atoms with E-state index in [0.717, 1.165) is 5.69 Å². The number of pyridine rings is 1. The minimum absolute atomic E-state index is 1.09. The first-order valence-electron chi connectivity index (χ1n) is 6.30. The van der Waals surface area contributed by atoms with Crippen molar-refractivity contribution in [3.63, 3.8) is 0 Å². The van der Waals surface area contributed by atoms with Crippen LogP contribution < -0.4 is 0 Å². The second-order valence-electron chi connectivity index (χ2n) is 4.92. The zero-order valence-corrected chi connectivity index (χ0v) is 10.5. The number of benzene rings is 1. The van der Waals surface area contributed by atoms with Gasteiger partial charge in [-0.05, 0) is 73.1 Å². The summed E-state index contributed by atoms with van der Waals surface area (Å²) in [5, 5.41) is 0. The molecule has 0 saturated carbocycles. The Morgan fingerprint density at radius 2 is 1.94 bits per heavy atom. The Kier molecular flexibility index (Phi) is 2.47. The molecule has 0 radical (unpaired) electrons. The van der Waals surface area contributed by atoms with Crippen molar-refractivity contribution >= 4 is 0 Å².